The van der Waals surface area contributed by atoms with Gasteiger partial charge in [0.25, 0.3) is 0 Å². The topological polar surface area (TPSA) is 55.8 Å². The summed E-state index contributed by atoms with van der Waals surface area (Å²) in [5.74, 6) is 0.235. The molecule has 0 radical (unpaired) electrons. The van der Waals surface area contributed by atoms with E-state index in [1.54, 1.807) is 0 Å². The normalized spacial score (nSPS) is 19.8. The third-order valence-corrected chi connectivity index (χ3v) is 5.55. The zero-order chi connectivity index (χ0) is 18.9. The van der Waals surface area contributed by atoms with Crippen molar-refractivity contribution < 1.29 is 19.1 Å². The van der Waals surface area contributed by atoms with Crippen LogP contribution in [0.4, 0.5) is 4.79 Å². The molecular formula is C21H29NO4. The lowest BCUT2D eigenvalue weighted by molar-refractivity contribution is -0.0506. The van der Waals surface area contributed by atoms with Gasteiger partial charge in [0.2, 0.25) is 0 Å². The fourth-order valence-electron chi connectivity index (χ4n) is 4.11. The van der Waals surface area contributed by atoms with Crippen LogP contribution >= 0.6 is 0 Å². The standard InChI is InChI=1S/C21H29NO4/c1-20(2,3)26-19(24)22-13-21(14-22)11-9-16(10-12-21)15-5-7-17(8-6-15)18(23)25-4/h5-8,16H,9-14H2,1-4H3. The zero-order valence-electron chi connectivity index (χ0n) is 16.2. The maximum Gasteiger partial charge on any atom is 0.410 e. The predicted molar refractivity (Wildman–Crippen MR) is 99.2 cm³/mol. The van der Waals surface area contributed by atoms with E-state index in [0.29, 0.717) is 11.5 Å². The van der Waals surface area contributed by atoms with Crippen LogP contribution in [0.3, 0.4) is 0 Å². The summed E-state index contributed by atoms with van der Waals surface area (Å²) in [6, 6.07) is 7.78. The molecule has 0 N–H and O–H groups in total. The molecule has 2 fully saturated rings. The molecule has 1 aromatic rings. The van der Waals surface area contributed by atoms with Gasteiger partial charge in [0.05, 0.1) is 12.7 Å². The summed E-state index contributed by atoms with van der Waals surface area (Å²) in [6.45, 7) is 7.33. The van der Waals surface area contributed by atoms with Gasteiger partial charge in [-0.05, 0) is 70.1 Å². The quantitative estimate of drug-likeness (QED) is 0.736. The molecule has 0 aromatic heterocycles. The van der Waals surface area contributed by atoms with Crippen LogP contribution in [0.2, 0.25) is 0 Å². The Balaban J connectivity index is 1.51. The van der Waals surface area contributed by atoms with Crippen LogP contribution < -0.4 is 0 Å². The number of benzene rings is 1. The molecule has 1 spiro atoms. The number of rotatable bonds is 2. The minimum atomic E-state index is -0.437. The molecule has 0 atom stereocenters. The molecule has 1 aliphatic heterocycles. The van der Waals surface area contributed by atoms with Crippen LogP contribution in [0, 0.1) is 5.41 Å². The van der Waals surface area contributed by atoms with Gasteiger partial charge in [-0.15, -0.1) is 0 Å². The predicted octanol–water partition coefficient (Wildman–Crippen LogP) is 4.37. The lowest BCUT2D eigenvalue weighted by atomic mass is 9.65. The molecule has 5 heteroatoms. The van der Waals surface area contributed by atoms with Gasteiger partial charge >= 0.3 is 12.1 Å². The van der Waals surface area contributed by atoms with E-state index >= 15 is 0 Å². The highest BCUT2D eigenvalue weighted by Crippen LogP contribution is 2.48. The first-order valence-corrected chi connectivity index (χ1v) is 9.38. The van der Waals surface area contributed by atoms with Crippen LogP contribution in [0.5, 0.6) is 0 Å². The van der Waals surface area contributed by atoms with E-state index in [2.05, 4.69) is 0 Å². The van der Waals surface area contributed by atoms with E-state index in [9.17, 15) is 9.59 Å². The number of likely N-dealkylation sites (tertiary alicyclic amines) is 1. The fraction of sp³-hybridized carbons (Fsp3) is 0.619. The highest BCUT2D eigenvalue weighted by molar-refractivity contribution is 5.89. The number of hydrogen-bond acceptors (Lipinski definition) is 4. The van der Waals surface area contributed by atoms with Gasteiger partial charge in [0, 0.05) is 18.5 Å². The first-order valence-electron chi connectivity index (χ1n) is 9.38. The lowest BCUT2D eigenvalue weighted by Gasteiger charge is -2.53. The molecule has 26 heavy (non-hydrogen) atoms. The van der Waals surface area contributed by atoms with Crippen LogP contribution in [0.25, 0.3) is 0 Å². The summed E-state index contributed by atoms with van der Waals surface area (Å²) in [7, 11) is 1.40. The molecular weight excluding hydrogens is 330 g/mol. The molecule has 3 rings (SSSR count). The van der Waals surface area contributed by atoms with Gasteiger partial charge in [-0.1, -0.05) is 12.1 Å². The third-order valence-electron chi connectivity index (χ3n) is 5.55. The monoisotopic (exact) mass is 359 g/mol. The van der Waals surface area contributed by atoms with Crippen molar-refractivity contribution in [3.05, 3.63) is 35.4 Å². The molecule has 1 aliphatic carbocycles. The maximum absolute atomic E-state index is 12.1. The van der Waals surface area contributed by atoms with E-state index in [-0.39, 0.29) is 17.5 Å². The average Bonchev–Trinajstić information content (AvgIpc) is 2.57. The summed E-state index contributed by atoms with van der Waals surface area (Å²) < 4.78 is 10.2. The number of nitrogens with zero attached hydrogens (tertiary/aromatic N) is 1. The van der Waals surface area contributed by atoms with E-state index in [0.717, 1.165) is 38.8 Å². The van der Waals surface area contributed by atoms with Crippen molar-refractivity contribution in [2.75, 3.05) is 20.2 Å². The molecule has 0 unspecified atom stereocenters. The van der Waals surface area contributed by atoms with Crippen molar-refractivity contribution in [2.45, 2.75) is 58.0 Å². The Bertz CT molecular complexity index is 658. The van der Waals surface area contributed by atoms with E-state index in [4.69, 9.17) is 9.47 Å². The van der Waals surface area contributed by atoms with E-state index in [1.807, 2.05) is 49.9 Å². The molecule has 1 amide bonds. The van der Waals surface area contributed by atoms with Crippen molar-refractivity contribution in [1.82, 2.24) is 4.90 Å². The van der Waals surface area contributed by atoms with Gasteiger partial charge in [-0.2, -0.15) is 0 Å². The minimum absolute atomic E-state index is 0.191. The Kier molecular flexibility index (Phi) is 5.00. The zero-order valence-corrected chi connectivity index (χ0v) is 16.2. The molecule has 2 aliphatic rings. The van der Waals surface area contributed by atoms with Crippen molar-refractivity contribution in [1.29, 1.82) is 0 Å². The Morgan fingerprint density at radius 2 is 1.65 bits per heavy atom. The van der Waals surface area contributed by atoms with Crippen LogP contribution in [-0.4, -0.2) is 42.8 Å². The van der Waals surface area contributed by atoms with Gasteiger partial charge in [0.1, 0.15) is 5.60 Å². The van der Waals surface area contributed by atoms with Crippen molar-refractivity contribution in [3.8, 4) is 0 Å². The number of hydrogen-bond donors (Lipinski definition) is 0. The molecule has 5 nitrogen and oxygen atoms in total. The van der Waals surface area contributed by atoms with Crippen LogP contribution in [-0.2, 0) is 9.47 Å². The van der Waals surface area contributed by atoms with Gasteiger partial charge < -0.3 is 14.4 Å². The average molecular weight is 359 g/mol. The van der Waals surface area contributed by atoms with Crippen molar-refractivity contribution in [3.63, 3.8) is 0 Å². The van der Waals surface area contributed by atoms with Crippen LogP contribution in [0.1, 0.15) is 68.3 Å². The summed E-state index contributed by atoms with van der Waals surface area (Å²) in [5.41, 5.74) is 1.72. The smallest absolute Gasteiger partial charge is 0.410 e. The second-order valence-electron chi connectivity index (χ2n) is 8.72. The summed E-state index contributed by atoms with van der Waals surface area (Å²) in [4.78, 5) is 25.5. The second kappa shape index (κ2) is 6.93. The number of ether oxygens (including phenoxy) is 2. The van der Waals surface area contributed by atoms with Crippen molar-refractivity contribution in [2.24, 2.45) is 5.41 Å². The van der Waals surface area contributed by atoms with Crippen LogP contribution in [0.15, 0.2) is 24.3 Å². The largest absolute Gasteiger partial charge is 0.465 e. The minimum Gasteiger partial charge on any atom is -0.465 e. The van der Waals surface area contributed by atoms with Gasteiger partial charge in [-0.25, -0.2) is 9.59 Å². The molecule has 1 saturated heterocycles. The number of esters is 1. The van der Waals surface area contributed by atoms with E-state index in [1.165, 1.54) is 12.7 Å². The third kappa shape index (κ3) is 4.02. The fourth-order valence-corrected chi connectivity index (χ4v) is 4.11. The van der Waals surface area contributed by atoms with Gasteiger partial charge in [-0.3, -0.25) is 0 Å². The molecule has 1 aromatic carbocycles. The summed E-state index contributed by atoms with van der Waals surface area (Å²) in [6.07, 6.45) is 4.33. The summed E-state index contributed by atoms with van der Waals surface area (Å²) in [5, 5.41) is 0. The van der Waals surface area contributed by atoms with E-state index < -0.39 is 5.60 Å². The molecule has 142 valence electrons. The molecule has 1 heterocycles. The maximum atomic E-state index is 12.1. The Morgan fingerprint density at radius 3 is 2.15 bits per heavy atom. The first-order chi connectivity index (χ1) is 12.2. The molecule has 0 bridgehead atoms. The number of methoxy groups -OCH3 is 1. The number of amides is 1. The first kappa shape index (κ1) is 18.7. The Labute approximate surface area is 155 Å². The Hall–Kier alpha value is -2.04. The SMILES string of the molecule is COC(=O)c1ccc(C2CCC3(CC2)CN(C(=O)OC(C)(C)C)C3)cc1. The second-order valence-corrected chi connectivity index (χ2v) is 8.72. The number of carbonyl (C=O) groups is 2. The highest BCUT2D eigenvalue weighted by atomic mass is 16.6. The summed E-state index contributed by atoms with van der Waals surface area (Å²) >= 11 is 0. The highest BCUT2D eigenvalue weighted by Gasteiger charge is 2.48. The lowest BCUT2D eigenvalue weighted by Crippen LogP contribution is -2.60. The molecule has 1 saturated carbocycles. The Morgan fingerprint density at radius 1 is 1.08 bits per heavy atom. The number of carbonyl (C=O) groups excluding carboxylic acids is 2. The van der Waals surface area contributed by atoms with Crippen molar-refractivity contribution >= 4 is 12.1 Å². The van der Waals surface area contributed by atoms with Gasteiger partial charge in [0.15, 0.2) is 0 Å².